The topological polar surface area (TPSA) is 3.24 Å². The Morgan fingerprint density at radius 3 is 1.57 bits per heavy atom. The summed E-state index contributed by atoms with van der Waals surface area (Å²) in [7, 11) is 0. The standard InChI is InChI=1S/C13H17N/c1-2-11-14-12-9-7-5-3-4-6-8-10-13-14/h3-10,12-13H,2,11H2,1H3/b4-3-,7-5-,8-6-,12-9-,13-10-. The maximum Gasteiger partial charge on any atom is 0.0216 e. The van der Waals surface area contributed by atoms with Gasteiger partial charge in [0.25, 0.3) is 0 Å². The van der Waals surface area contributed by atoms with Crippen LogP contribution in [0, 0.1) is 0 Å². The lowest BCUT2D eigenvalue weighted by Crippen LogP contribution is -2.09. The molecule has 74 valence electrons. The molecule has 1 heterocycles. The summed E-state index contributed by atoms with van der Waals surface area (Å²) in [6, 6.07) is 0. The van der Waals surface area contributed by atoms with Crippen LogP contribution in [0.2, 0.25) is 0 Å². The highest BCUT2D eigenvalue weighted by Crippen LogP contribution is 1.97. The van der Waals surface area contributed by atoms with E-state index in [4.69, 9.17) is 0 Å². The van der Waals surface area contributed by atoms with Gasteiger partial charge in [0.05, 0.1) is 0 Å². The SMILES string of the molecule is CCCN1\C=C/C=C\C=C/C=C\C=C/1. The smallest absolute Gasteiger partial charge is 0.0216 e. The van der Waals surface area contributed by atoms with E-state index in [0.29, 0.717) is 0 Å². The van der Waals surface area contributed by atoms with E-state index in [9.17, 15) is 0 Å². The van der Waals surface area contributed by atoms with Crippen molar-refractivity contribution < 1.29 is 0 Å². The Morgan fingerprint density at radius 2 is 1.14 bits per heavy atom. The molecule has 0 N–H and O–H groups in total. The molecule has 0 fully saturated rings. The van der Waals surface area contributed by atoms with Crippen LogP contribution in [0.25, 0.3) is 0 Å². The van der Waals surface area contributed by atoms with E-state index in [-0.39, 0.29) is 0 Å². The average Bonchev–Trinajstić information content (AvgIpc) is 2.24. The quantitative estimate of drug-likeness (QED) is 0.640. The number of rotatable bonds is 2. The Labute approximate surface area is 86.4 Å². The number of allylic oxidation sites excluding steroid dienone is 8. The van der Waals surface area contributed by atoms with Crippen LogP contribution in [-0.4, -0.2) is 11.4 Å². The third-order valence-corrected chi connectivity index (χ3v) is 1.81. The van der Waals surface area contributed by atoms with Gasteiger partial charge in [-0.2, -0.15) is 0 Å². The van der Waals surface area contributed by atoms with Crippen LogP contribution in [0.5, 0.6) is 0 Å². The predicted molar refractivity (Wildman–Crippen MR) is 62.7 cm³/mol. The van der Waals surface area contributed by atoms with Crippen LogP contribution >= 0.6 is 0 Å². The van der Waals surface area contributed by atoms with Crippen molar-refractivity contribution in [2.24, 2.45) is 0 Å². The molecule has 0 aromatic carbocycles. The molecule has 0 atom stereocenters. The molecule has 0 aromatic rings. The predicted octanol–water partition coefficient (Wildman–Crippen LogP) is 3.41. The summed E-state index contributed by atoms with van der Waals surface area (Å²) in [5, 5.41) is 0. The van der Waals surface area contributed by atoms with Gasteiger partial charge in [0, 0.05) is 18.9 Å². The first-order chi connectivity index (χ1) is 6.93. The summed E-state index contributed by atoms with van der Waals surface area (Å²) in [6.07, 6.45) is 21.6. The summed E-state index contributed by atoms with van der Waals surface area (Å²) in [5.74, 6) is 0. The van der Waals surface area contributed by atoms with E-state index >= 15 is 0 Å². The van der Waals surface area contributed by atoms with E-state index in [1.807, 2.05) is 36.5 Å². The van der Waals surface area contributed by atoms with Crippen LogP contribution in [0.3, 0.4) is 0 Å². The van der Waals surface area contributed by atoms with E-state index < -0.39 is 0 Å². The van der Waals surface area contributed by atoms with Gasteiger partial charge >= 0.3 is 0 Å². The Kier molecular flexibility index (Phi) is 5.26. The lowest BCUT2D eigenvalue weighted by Gasteiger charge is -2.12. The fraction of sp³-hybridized carbons (Fsp3) is 0.231. The molecule has 1 aliphatic rings. The molecule has 0 saturated carbocycles. The minimum atomic E-state index is 1.06. The van der Waals surface area contributed by atoms with Crippen LogP contribution < -0.4 is 0 Å². The average molecular weight is 187 g/mol. The summed E-state index contributed by atoms with van der Waals surface area (Å²) in [5.41, 5.74) is 0. The van der Waals surface area contributed by atoms with Crippen LogP contribution in [0.1, 0.15) is 13.3 Å². The van der Waals surface area contributed by atoms with Gasteiger partial charge in [-0.05, 0) is 18.6 Å². The van der Waals surface area contributed by atoms with Crippen molar-refractivity contribution in [2.45, 2.75) is 13.3 Å². The van der Waals surface area contributed by atoms with Crippen LogP contribution in [0.4, 0.5) is 0 Å². The van der Waals surface area contributed by atoms with Gasteiger partial charge in [-0.1, -0.05) is 43.4 Å². The molecule has 0 bridgehead atoms. The van der Waals surface area contributed by atoms with Crippen molar-refractivity contribution in [3.63, 3.8) is 0 Å². The molecule has 1 rings (SSSR count). The first-order valence-corrected chi connectivity index (χ1v) is 5.04. The van der Waals surface area contributed by atoms with E-state index in [0.717, 1.165) is 13.0 Å². The summed E-state index contributed by atoms with van der Waals surface area (Å²) in [4.78, 5) is 2.18. The summed E-state index contributed by atoms with van der Waals surface area (Å²) in [6.45, 7) is 3.24. The summed E-state index contributed by atoms with van der Waals surface area (Å²) >= 11 is 0. The third-order valence-electron chi connectivity index (χ3n) is 1.81. The highest BCUT2D eigenvalue weighted by molar-refractivity contribution is 5.19. The Hall–Kier alpha value is -1.50. The Morgan fingerprint density at radius 1 is 0.714 bits per heavy atom. The fourth-order valence-corrected chi connectivity index (χ4v) is 1.16. The Balaban J connectivity index is 2.67. The fourth-order valence-electron chi connectivity index (χ4n) is 1.16. The largest absolute Gasteiger partial charge is 0.354 e. The molecule has 0 aliphatic carbocycles. The van der Waals surface area contributed by atoms with Gasteiger partial charge in [-0.25, -0.2) is 0 Å². The van der Waals surface area contributed by atoms with Gasteiger partial charge in [0.2, 0.25) is 0 Å². The number of hydrogen-bond donors (Lipinski definition) is 0. The minimum Gasteiger partial charge on any atom is -0.354 e. The molecule has 14 heavy (non-hydrogen) atoms. The molecule has 0 aromatic heterocycles. The zero-order valence-corrected chi connectivity index (χ0v) is 8.63. The molecular weight excluding hydrogens is 170 g/mol. The third kappa shape index (κ3) is 4.51. The second-order valence-electron chi connectivity index (χ2n) is 3.08. The number of nitrogens with zero attached hydrogens (tertiary/aromatic N) is 1. The van der Waals surface area contributed by atoms with E-state index in [1.54, 1.807) is 0 Å². The van der Waals surface area contributed by atoms with Crippen molar-refractivity contribution in [3.05, 3.63) is 61.0 Å². The molecule has 0 unspecified atom stereocenters. The highest BCUT2D eigenvalue weighted by Gasteiger charge is 1.88. The molecule has 1 nitrogen and oxygen atoms in total. The van der Waals surface area contributed by atoms with Crippen molar-refractivity contribution in [1.29, 1.82) is 0 Å². The maximum absolute atomic E-state index is 2.18. The molecule has 0 spiro atoms. The molecule has 0 radical (unpaired) electrons. The van der Waals surface area contributed by atoms with E-state index in [1.165, 1.54) is 0 Å². The van der Waals surface area contributed by atoms with Crippen molar-refractivity contribution in [2.75, 3.05) is 6.54 Å². The van der Waals surface area contributed by atoms with Crippen molar-refractivity contribution in [3.8, 4) is 0 Å². The molecule has 1 aliphatic heterocycles. The first kappa shape index (κ1) is 10.6. The maximum atomic E-state index is 2.18. The second kappa shape index (κ2) is 6.96. The lowest BCUT2D eigenvalue weighted by atomic mass is 10.4. The van der Waals surface area contributed by atoms with E-state index in [2.05, 4.69) is 36.4 Å². The van der Waals surface area contributed by atoms with Crippen LogP contribution in [0.15, 0.2) is 61.0 Å². The normalized spacial score (nSPS) is 27.4. The number of hydrogen-bond acceptors (Lipinski definition) is 1. The zero-order chi connectivity index (χ0) is 10.1. The van der Waals surface area contributed by atoms with Gasteiger partial charge in [-0.3, -0.25) is 0 Å². The zero-order valence-electron chi connectivity index (χ0n) is 8.63. The van der Waals surface area contributed by atoms with Gasteiger partial charge in [0.1, 0.15) is 0 Å². The van der Waals surface area contributed by atoms with Crippen molar-refractivity contribution in [1.82, 2.24) is 4.90 Å². The van der Waals surface area contributed by atoms with Gasteiger partial charge < -0.3 is 4.90 Å². The Bertz CT molecular complexity index is 254. The summed E-state index contributed by atoms with van der Waals surface area (Å²) < 4.78 is 0. The van der Waals surface area contributed by atoms with Gasteiger partial charge in [-0.15, -0.1) is 0 Å². The first-order valence-electron chi connectivity index (χ1n) is 5.04. The molecule has 0 saturated heterocycles. The van der Waals surface area contributed by atoms with Crippen LogP contribution in [-0.2, 0) is 0 Å². The lowest BCUT2D eigenvalue weighted by molar-refractivity contribution is 0.502. The minimum absolute atomic E-state index is 1.06. The second-order valence-corrected chi connectivity index (χ2v) is 3.08. The van der Waals surface area contributed by atoms with Crippen molar-refractivity contribution >= 4 is 0 Å². The monoisotopic (exact) mass is 187 g/mol. The van der Waals surface area contributed by atoms with Gasteiger partial charge in [0.15, 0.2) is 0 Å². The molecular formula is C13H17N. The molecule has 0 amide bonds. The highest BCUT2D eigenvalue weighted by atomic mass is 15.1. The molecule has 1 heteroatoms.